The number of nitrogens with zero attached hydrogens (tertiary/aromatic N) is 1. The molecule has 1 aliphatic heterocycles. The fraction of sp³-hybridized carbons (Fsp3) is 0.538. The zero-order valence-corrected chi connectivity index (χ0v) is 14.0. The lowest BCUT2D eigenvalue weighted by molar-refractivity contribution is 0.226. The van der Waals surface area contributed by atoms with Crippen LogP contribution in [0.1, 0.15) is 26.2 Å². The molecule has 1 fully saturated rings. The van der Waals surface area contributed by atoms with Crippen LogP contribution in [0.15, 0.2) is 23.1 Å². The average molecular weight is 357 g/mol. The molecule has 0 amide bonds. The molecule has 0 aliphatic carbocycles. The minimum atomic E-state index is -3.92. The van der Waals surface area contributed by atoms with Gasteiger partial charge in [0.2, 0.25) is 10.0 Å². The maximum atomic E-state index is 14.0. The van der Waals surface area contributed by atoms with E-state index in [0.717, 1.165) is 12.8 Å². The minimum Gasteiger partial charge on any atom is -0.326 e. The molecule has 1 heterocycles. The Kier molecular flexibility index (Phi) is 6.43. The van der Waals surface area contributed by atoms with Gasteiger partial charge in [0.15, 0.2) is 5.82 Å². The van der Waals surface area contributed by atoms with Gasteiger partial charge in [-0.2, -0.15) is 4.31 Å². The van der Waals surface area contributed by atoms with Crippen LogP contribution in [0.4, 0.5) is 4.39 Å². The lowest BCUT2D eigenvalue weighted by atomic mass is 10.00. The Morgan fingerprint density at radius 2 is 2.10 bits per heavy atom. The number of hydrogen-bond donors (Lipinski definition) is 1. The Labute approximate surface area is 135 Å². The third-order valence-electron chi connectivity index (χ3n) is 3.61. The van der Waals surface area contributed by atoms with Crippen molar-refractivity contribution in [3.8, 4) is 0 Å². The van der Waals surface area contributed by atoms with Crippen molar-refractivity contribution in [2.75, 3.05) is 6.54 Å². The minimum absolute atomic E-state index is 0. The van der Waals surface area contributed by atoms with Gasteiger partial charge in [0, 0.05) is 18.6 Å². The molecule has 0 bridgehead atoms. The summed E-state index contributed by atoms with van der Waals surface area (Å²) in [5, 5.41) is -0.194. The largest absolute Gasteiger partial charge is 0.326 e. The number of hydrogen-bond acceptors (Lipinski definition) is 3. The molecule has 8 heteroatoms. The Bertz CT molecular complexity index is 596. The van der Waals surface area contributed by atoms with E-state index in [1.807, 2.05) is 0 Å². The van der Waals surface area contributed by atoms with Crippen molar-refractivity contribution in [2.24, 2.45) is 5.73 Å². The standard InChI is InChI=1S/C13H18ClFN2O2S.ClH/c1-9(16)11-6-2-3-8-17(11)20(18,19)12-7-4-5-10(14)13(12)15;/h4-5,7,9,11H,2-3,6,8,16H2,1H3;1H. The van der Waals surface area contributed by atoms with Gasteiger partial charge in [0.25, 0.3) is 0 Å². The number of rotatable bonds is 3. The van der Waals surface area contributed by atoms with E-state index in [2.05, 4.69) is 0 Å². The summed E-state index contributed by atoms with van der Waals surface area (Å²) in [6, 6.07) is 3.40. The van der Waals surface area contributed by atoms with Crippen LogP contribution < -0.4 is 5.73 Å². The summed E-state index contributed by atoms with van der Waals surface area (Å²) in [6.07, 6.45) is 2.37. The predicted molar refractivity (Wildman–Crippen MR) is 83.8 cm³/mol. The highest BCUT2D eigenvalue weighted by atomic mass is 35.5. The third kappa shape index (κ3) is 3.68. The smallest absolute Gasteiger partial charge is 0.246 e. The van der Waals surface area contributed by atoms with Gasteiger partial charge >= 0.3 is 0 Å². The van der Waals surface area contributed by atoms with Gasteiger partial charge in [-0.25, -0.2) is 12.8 Å². The summed E-state index contributed by atoms with van der Waals surface area (Å²) in [5.74, 6) is -0.900. The van der Waals surface area contributed by atoms with Crippen molar-refractivity contribution in [3.05, 3.63) is 29.0 Å². The highest BCUT2D eigenvalue weighted by Crippen LogP contribution is 2.30. The van der Waals surface area contributed by atoms with Crippen LogP contribution in [0.2, 0.25) is 5.02 Å². The Hall–Kier alpha value is -0.400. The first-order chi connectivity index (χ1) is 9.35. The first kappa shape index (κ1) is 18.6. The van der Waals surface area contributed by atoms with Gasteiger partial charge in [0.05, 0.1) is 5.02 Å². The average Bonchev–Trinajstić information content (AvgIpc) is 2.41. The van der Waals surface area contributed by atoms with Crippen LogP contribution in [0, 0.1) is 5.82 Å². The number of sulfonamides is 1. The van der Waals surface area contributed by atoms with Gasteiger partial charge in [-0.3, -0.25) is 0 Å². The second kappa shape index (κ2) is 7.24. The molecule has 1 aromatic carbocycles. The van der Waals surface area contributed by atoms with Crippen molar-refractivity contribution in [3.63, 3.8) is 0 Å². The lowest BCUT2D eigenvalue weighted by Crippen LogP contribution is -2.51. The summed E-state index contributed by atoms with van der Waals surface area (Å²) in [7, 11) is -3.92. The molecule has 2 unspecified atom stereocenters. The van der Waals surface area contributed by atoms with Crippen molar-refractivity contribution < 1.29 is 12.8 Å². The van der Waals surface area contributed by atoms with Gasteiger partial charge in [-0.1, -0.05) is 24.1 Å². The molecular weight excluding hydrogens is 338 g/mol. The van der Waals surface area contributed by atoms with Crippen LogP contribution in [0.3, 0.4) is 0 Å². The van der Waals surface area contributed by atoms with Crippen molar-refractivity contribution in [1.82, 2.24) is 4.31 Å². The van der Waals surface area contributed by atoms with E-state index >= 15 is 0 Å². The van der Waals surface area contributed by atoms with E-state index in [4.69, 9.17) is 17.3 Å². The summed E-state index contributed by atoms with van der Waals surface area (Å²) in [4.78, 5) is -0.377. The molecule has 0 radical (unpaired) electrons. The zero-order valence-electron chi connectivity index (χ0n) is 11.6. The van der Waals surface area contributed by atoms with Gasteiger partial charge in [0.1, 0.15) is 4.90 Å². The molecule has 0 spiro atoms. The summed E-state index contributed by atoms with van der Waals surface area (Å²) in [6.45, 7) is 2.13. The summed E-state index contributed by atoms with van der Waals surface area (Å²) < 4.78 is 40.6. The highest BCUT2D eigenvalue weighted by molar-refractivity contribution is 7.89. The van der Waals surface area contributed by atoms with Gasteiger partial charge in [-0.05, 0) is 31.9 Å². The van der Waals surface area contributed by atoms with E-state index in [0.29, 0.717) is 13.0 Å². The molecule has 2 atom stereocenters. The molecule has 0 aromatic heterocycles. The SMILES string of the molecule is CC(N)C1CCCCN1S(=O)(=O)c1cccc(Cl)c1F.Cl. The number of piperidine rings is 1. The van der Waals surface area contributed by atoms with Gasteiger partial charge < -0.3 is 5.73 Å². The van der Waals surface area contributed by atoms with Crippen LogP contribution in [-0.2, 0) is 10.0 Å². The normalized spacial score (nSPS) is 21.6. The first-order valence-electron chi connectivity index (χ1n) is 6.57. The number of nitrogens with two attached hydrogens (primary N) is 1. The van der Waals surface area contributed by atoms with Crippen molar-refractivity contribution in [1.29, 1.82) is 0 Å². The summed E-state index contributed by atoms with van der Waals surface area (Å²) >= 11 is 5.68. The molecular formula is C13H19Cl2FN2O2S. The molecule has 0 saturated carbocycles. The summed E-state index contributed by atoms with van der Waals surface area (Å²) in [5.41, 5.74) is 5.87. The fourth-order valence-corrected chi connectivity index (χ4v) is 4.66. The molecule has 4 nitrogen and oxygen atoms in total. The molecule has 2 rings (SSSR count). The molecule has 1 aliphatic rings. The van der Waals surface area contributed by atoms with Crippen LogP contribution in [0.5, 0.6) is 0 Å². The number of halogens is 3. The van der Waals surface area contributed by atoms with Crippen LogP contribution >= 0.6 is 24.0 Å². The monoisotopic (exact) mass is 356 g/mol. The molecule has 21 heavy (non-hydrogen) atoms. The first-order valence-corrected chi connectivity index (χ1v) is 8.39. The van der Waals surface area contributed by atoms with E-state index < -0.39 is 15.8 Å². The Balaban J connectivity index is 0.00000220. The van der Waals surface area contributed by atoms with Crippen molar-refractivity contribution >= 4 is 34.0 Å². The maximum absolute atomic E-state index is 14.0. The second-order valence-corrected chi connectivity index (χ2v) is 7.36. The Morgan fingerprint density at radius 1 is 1.43 bits per heavy atom. The van der Waals surface area contributed by atoms with E-state index in [9.17, 15) is 12.8 Å². The lowest BCUT2D eigenvalue weighted by Gasteiger charge is -2.36. The predicted octanol–water partition coefficient (Wildman–Crippen LogP) is 2.79. The van der Waals surface area contributed by atoms with Crippen LogP contribution in [-0.4, -0.2) is 31.4 Å². The quantitative estimate of drug-likeness (QED) is 0.905. The number of benzene rings is 1. The van der Waals surface area contributed by atoms with Gasteiger partial charge in [-0.15, -0.1) is 12.4 Å². The molecule has 1 aromatic rings. The maximum Gasteiger partial charge on any atom is 0.246 e. The van der Waals surface area contributed by atoms with E-state index in [1.165, 1.54) is 22.5 Å². The van der Waals surface area contributed by atoms with E-state index in [1.54, 1.807) is 6.92 Å². The molecule has 120 valence electrons. The van der Waals surface area contributed by atoms with Crippen molar-refractivity contribution in [2.45, 2.75) is 43.2 Å². The third-order valence-corrected chi connectivity index (χ3v) is 5.84. The van der Waals surface area contributed by atoms with Crippen LogP contribution in [0.25, 0.3) is 0 Å². The zero-order chi connectivity index (χ0) is 14.9. The second-order valence-electron chi connectivity index (χ2n) is 5.09. The highest BCUT2D eigenvalue weighted by Gasteiger charge is 2.36. The topological polar surface area (TPSA) is 63.4 Å². The fourth-order valence-electron chi connectivity index (χ4n) is 2.56. The van der Waals surface area contributed by atoms with E-state index in [-0.39, 0.29) is 34.4 Å². The molecule has 1 saturated heterocycles. The Morgan fingerprint density at radius 3 is 2.71 bits per heavy atom. The molecule has 2 N–H and O–H groups in total.